The maximum atomic E-state index is 13.2. The van der Waals surface area contributed by atoms with Gasteiger partial charge in [-0.25, -0.2) is 4.98 Å². The van der Waals surface area contributed by atoms with E-state index in [-0.39, 0.29) is 23.5 Å². The number of rotatable bonds is 5. The van der Waals surface area contributed by atoms with E-state index in [0.29, 0.717) is 11.2 Å². The van der Waals surface area contributed by atoms with Crippen LogP contribution in [0.3, 0.4) is 0 Å². The highest BCUT2D eigenvalue weighted by Crippen LogP contribution is 2.33. The number of anilines is 2. The van der Waals surface area contributed by atoms with E-state index in [4.69, 9.17) is 10.7 Å². The molecule has 0 aliphatic heterocycles. The van der Waals surface area contributed by atoms with Crippen LogP contribution >= 0.6 is 0 Å². The molecule has 2 aromatic heterocycles. The predicted molar refractivity (Wildman–Crippen MR) is 136 cm³/mol. The van der Waals surface area contributed by atoms with Gasteiger partial charge in [0.05, 0.1) is 5.56 Å². The molecule has 3 aromatic rings. The second-order valence-corrected chi connectivity index (χ2v) is 10.3. The number of imidazole rings is 1. The van der Waals surface area contributed by atoms with Gasteiger partial charge in [-0.2, -0.15) is 0 Å². The number of fused-ring (bicyclic) bond motifs is 1. The van der Waals surface area contributed by atoms with Crippen molar-refractivity contribution in [3.63, 3.8) is 0 Å². The topological polar surface area (TPSA) is 87.7 Å². The van der Waals surface area contributed by atoms with Crippen molar-refractivity contribution >= 4 is 23.1 Å². The Balaban J connectivity index is 1.74. The number of hydrogen-bond donors (Lipinski definition) is 3. The molecule has 0 unspecified atom stereocenters. The Morgan fingerprint density at radius 1 is 1.09 bits per heavy atom. The molecule has 0 saturated heterocycles. The van der Waals surface area contributed by atoms with E-state index in [0.717, 1.165) is 48.4 Å². The third kappa shape index (κ3) is 5.14. The number of nitrogens with one attached hydrogen (secondary N) is 2. The van der Waals surface area contributed by atoms with Crippen LogP contribution in [0.25, 0.3) is 16.9 Å². The normalized spacial score (nSPS) is 18.8. The van der Waals surface area contributed by atoms with Crippen LogP contribution in [-0.4, -0.2) is 47.0 Å². The van der Waals surface area contributed by atoms with Gasteiger partial charge in [0.1, 0.15) is 11.5 Å². The number of pyridine rings is 1. The third-order valence-corrected chi connectivity index (χ3v) is 6.15. The van der Waals surface area contributed by atoms with Crippen LogP contribution in [-0.2, 0) is 0 Å². The molecule has 1 aromatic carbocycles. The Bertz CT molecular complexity index is 1120. The summed E-state index contributed by atoms with van der Waals surface area (Å²) >= 11 is 0. The van der Waals surface area contributed by atoms with Gasteiger partial charge in [0.2, 0.25) is 0 Å². The Morgan fingerprint density at radius 2 is 1.76 bits per heavy atom. The van der Waals surface area contributed by atoms with Gasteiger partial charge in [-0.1, -0.05) is 12.1 Å². The molecule has 7 nitrogen and oxygen atoms in total. The SMILES string of the molecule is CN(C)c1ccc(-c2nc3c(C(=O)NC4CCC(N)CC4)cccn3c2NC(C)(C)C)cc1. The van der Waals surface area contributed by atoms with E-state index in [1.54, 1.807) is 0 Å². The zero-order chi connectivity index (χ0) is 23.8. The largest absolute Gasteiger partial charge is 0.378 e. The first-order valence-electron chi connectivity index (χ1n) is 11.8. The summed E-state index contributed by atoms with van der Waals surface area (Å²) < 4.78 is 1.99. The maximum absolute atomic E-state index is 13.2. The van der Waals surface area contributed by atoms with Crippen molar-refractivity contribution < 1.29 is 4.79 Å². The fourth-order valence-corrected chi connectivity index (χ4v) is 4.36. The predicted octanol–water partition coefficient (Wildman–Crippen LogP) is 4.28. The number of benzene rings is 1. The summed E-state index contributed by atoms with van der Waals surface area (Å²) in [5.74, 6) is 0.802. The summed E-state index contributed by atoms with van der Waals surface area (Å²) in [5, 5.41) is 6.82. The van der Waals surface area contributed by atoms with Gasteiger partial charge >= 0.3 is 0 Å². The molecule has 1 aliphatic rings. The van der Waals surface area contributed by atoms with Crippen LogP contribution in [0.4, 0.5) is 11.5 Å². The monoisotopic (exact) mass is 448 g/mol. The number of carbonyl (C=O) groups is 1. The lowest BCUT2D eigenvalue weighted by Gasteiger charge is -2.26. The number of aromatic nitrogens is 2. The first kappa shape index (κ1) is 23.1. The maximum Gasteiger partial charge on any atom is 0.255 e. The zero-order valence-electron chi connectivity index (χ0n) is 20.4. The molecular weight excluding hydrogens is 412 g/mol. The number of hydrogen-bond acceptors (Lipinski definition) is 5. The highest BCUT2D eigenvalue weighted by Gasteiger charge is 2.25. The fraction of sp³-hybridized carbons (Fsp3) is 0.462. The highest BCUT2D eigenvalue weighted by atomic mass is 16.1. The van der Waals surface area contributed by atoms with E-state index < -0.39 is 0 Å². The minimum absolute atomic E-state index is 0.0807. The Hall–Kier alpha value is -3.06. The first-order chi connectivity index (χ1) is 15.6. The molecule has 2 heterocycles. The fourth-order valence-electron chi connectivity index (χ4n) is 4.36. The van der Waals surface area contributed by atoms with Crippen LogP contribution in [0.15, 0.2) is 42.6 Å². The molecule has 1 amide bonds. The molecular formula is C26H36N6O. The lowest BCUT2D eigenvalue weighted by atomic mass is 9.91. The molecule has 0 radical (unpaired) electrons. The Morgan fingerprint density at radius 3 is 2.36 bits per heavy atom. The van der Waals surface area contributed by atoms with Crippen molar-refractivity contribution in [3.05, 3.63) is 48.2 Å². The van der Waals surface area contributed by atoms with Gasteiger partial charge in [-0.05, 0) is 70.7 Å². The number of nitrogens with two attached hydrogens (primary N) is 1. The Kier molecular flexibility index (Phi) is 6.34. The lowest BCUT2D eigenvalue weighted by molar-refractivity contribution is 0.0927. The summed E-state index contributed by atoms with van der Waals surface area (Å²) in [6, 6.07) is 12.5. The molecule has 33 heavy (non-hydrogen) atoms. The minimum atomic E-state index is -0.173. The zero-order valence-corrected chi connectivity index (χ0v) is 20.4. The molecule has 0 spiro atoms. The number of nitrogens with zero attached hydrogens (tertiary/aromatic N) is 3. The van der Waals surface area contributed by atoms with Crippen molar-refractivity contribution in [1.29, 1.82) is 0 Å². The lowest BCUT2D eigenvalue weighted by Crippen LogP contribution is -2.40. The van der Waals surface area contributed by atoms with Gasteiger partial charge in [0.25, 0.3) is 5.91 Å². The third-order valence-electron chi connectivity index (χ3n) is 6.15. The second-order valence-electron chi connectivity index (χ2n) is 10.3. The Labute approximate surface area is 196 Å². The van der Waals surface area contributed by atoms with Crippen LogP contribution in [0, 0.1) is 0 Å². The van der Waals surface area contributed by atoms with E-state index in [1.165, 1.54) is 0 Å². The quantitative estimate of drug-likeness (QED) is 0.542. The van der Waals surface area contributed by atoms with Crippen LogP contribution in [0.2, 0.25) is 0 Å². The molecule has 176 valence electrons. The van der Waals surface area contributed by atoms with Crippen molar-refractivity contribution in [2.75, 3.05) is 24.3 Å². The highest BCUT2D eigenvalue weighted by molar-refractivity contribution is 6.01. The molecule has 4 rings (SSSR count). The van der Waals surface area contributed by atoms with Crippen LogP contribution in [0.5, 0.6) is 0 Å². The van der Waals surface area contributed by atoms with Gasteiger partial charge < -0.3 is 21.3 Å². The molecule has 0 bridgehead atoms. The molecule has 4 N–H and O–H groups in total. The number of carbonyl (C=O) groups excluding carboxylic acids is 1. The van der Waals surface area contributed by atoms with Gasteiger partial charge in [-0.15, -0.1) is 0 Å². The minimum Gasteiger partial charge on any atom is -0.378 e. The van der Waals surface area contributed by atoms with E-state index in [2.05, 4.69) is 60.6 Å². The van der Waals surface area contributed by atoms with Gasteiger partial charge in [0.15, 0.2) is 5.65 Å². The van der Waals surface area contributed by atoms with Crippen molar-refractivity contribution in [1.82, 2.24) is 14.7 Å². The molecule has 7 heteroatoms. The first-order valence-corrected chi connectivity index (χ1v) is 11.8. The smallest absolute Gasteiger partial charge is 0.255 e. The van der Waals surface area contributed by atoms with E-state index >= 15 is 0 Å². The molecule has 0 atom stereocenters. The van der Waals surface area contributed by atoms with Gasteiger partial charge in [-0.3, -0.25) is 9.20 Å². The summed E-state index contributed by atoms with van der Waals surface area (Å²) in [6.45, 7) is 6.36. The second kappa shape index (κ2) is 9.06. The molecule has 1 saturated carbocycles. The van der Waals surface area contributed by atoms with Crippen molar-refractivity contribution in [3.8, 4) is 11.3 Å². The van der Waals surface area contributed by atoms with Crippen LogP contribution < -0.4 is 21.3 Å². The van der Waals surface area contributed by atoms with Gasteiger partial charge in [0, 0.05) is 49.2 Å². The van der Waals surface area contributed by atoms with E-state index in [1.807, 2.05) is 36.8 Å². The van der Waals surface area contributed by atoms with Crippen LogP contribution in [0.1, 0.15) is 56.8 Å². The summed E-state index contributed by atoms with van der Waals surface area (Å²) in [6.07, 6.45) is 5.70. The standard InChI is InChI=1S/C26H36N6O/c1-26(2,3)30-24-22(17-8-14-20(15-9-17)31(4)5)29-23-21(7-6-16-32(23)24)25(33)28-19-12-10-18(27)11-13-19/h6-9,14-16,18-19,30H,10-13,27H2,1-5H3,(H,28,33). The number of amides is 1. The molecule has 1 aliphatic carbocycles. The summed E-state index contributed by atoms with van der Waals surface area (Å²) in [5.41, 5.74) is 10.1. The van der Waals surface area contributed by atoms with Crippen molar-refractivity contribution in [2.45, 2.75) is 64.1 Å². The molecule has 1 fully saturated rings. The van der Waals surface area contributed by atoms with E-state index in [9.17, 15) is 4.79 Å². The summed E-state index contributed by atoms with van der Waals surface area (Å²) in [7, 11) is 4.05. The van der Waals surface area contributed by atoms with Crippen molar-refractivity contribution in [2.24, 2.45) is 5.73 Å². The average molecular weight is 449 g/mol. The average Bonchev–Trinajstić information content (AvgIpc) is 3.12. The summed E-state index contributed by atoms with van der Waals surface area (Å²) in [4.78, 5) is 20.3.